The monoisotopic (exact) mass is 556 g/mol. The lowest BCUT2D eigenvalue weighted by Crippen LogP contribution is -2.18. The lowest BCUT2D eigenvalue weighted by Gasteiger charge is -2.19. The van der Waals surface area contributed by atoms with Crippen LogP contribution in [0.1, 0.15) is 29.2 Å². The molecule has 10 heteroatoms. The molecule has 4 aromatic rings. The fourth-order valence-electron chi connectivity index (χ4n) is 4.33. The maximum atomic E-state index is 5.61. The van der Waals surface area contributed by atoms with E-state index < -0.39 is 0 Å². The van der Waals surface area contributed by atoms with Crippen LogP contribution in [0.15, 0.2) is 85.1 Å². The van der Waals surface area contributed by atoms with Crippen molar-refractivity contribution in [2.24, 2.45) is 5.73 Å². The van der Waals surface area contributed by atoms with Crippen LogP contribution in [0.2, 0.25) is 0 Å². The summed E-state index contributed by atoms with van der Waals surface area (Å²) < 4.78 is 10.9. The van der Waals surface area contributed by atoms with Crippen LogP contribution in [0.4, 0.5) is 17.8 Å². The van der Waals surface area contributed by atoms with Crippen molar-refractivity contribution in [3.63, 3.8) is 0 Å². The second-order valence-electron chi connectivity index (χ2n) is 9.33. The lowest BCUT2D eigenvalue weighted by atomic mass is 9.88. The summed E-state index contributed by atoms with van der Waals surface area (Å²) in [6.45, 7) is 4.47. The van der Waals surface area contributed by atoms with E-state index in [1.54, 1.807) is 6.20 Å². The van der Waals surface area contributed by atoms with Crippen LogP contribution < -0.4 is 21.7 Å². The summed E-state index contributed by atoms with van der Waals surface area (Å²) in [4.78, 5) is 18.2. The molecule has 2 aromatic carbocycles. The molecule has 0 saturated heterocycles. The molecule has 0 aliphatic rings. The average molecular weight is 557 g/mol. The van der Waals surface area contributed by atoms with E-state index in [9.17, 15) is 0 Å². The Bertz CT molecular complexity index is 1210. The highest BCUT2D eigenvalue weighted by molar-refractivity contribution is 5.42. The minimum absolute atomic E-state index is 0.256. The van der Waals surface area contributed by atoms with Gasteiger partial charge in [0.05, 0.1) is 26.4 Å². The number of nitrogens with zero attached hydrogens (tertiary/aromatic N) is 4. The van der Waals surface area contributed by atoms with Crippen molar-refractivity contribution in [1.82, 2.24) is 19.9 Å². The number of rotatable bonds is 19. The van der Waals surface area contributed by atoms with Gasteiger partial charge in [-0.25, -0.2) is 0 Å². The molecule has 0 saturated carbocycles. The zero-order valence-corrected chi connectivity index (χ0v) is 23.4. The quantitative estimate of drug-likeness (QED) is 0.126. The predicted octanol–water partition coefficient (Wildman–Crippen LogP) is 3.96. The van der Waals surface area contributed by atoms with Crippen LogP contribution in [-0.2, 0) is 15.9 Å². The Morgan fingerprint density at radius 3 is 1.76 bits per heavy atom. The zero-order chi connectivity index (χ0) is 28.4. The molecular weight excluding hydrogens is 516 g/mol. The van der Waals surface area contributed by atoms with Crippen LogP contribution in [0.25, 0.3) is 0 Å². The molecule has 0 radical (unpaired) electrons. The van der Waals surface area contributed by atoms with Crippen LogP contribution in [0.3, 0.4) is 0 Å². The average Bonchev–Trinajstić information content (AvgIpc) is 3.02. The number of hydrogen-bond acceptors (Lipinski definition) is 10. The first-order valence-electron chi connectivity index (χ1n) is 14.1. The first-order valence-corrected chi connectivity index (χ1v) is 14.1. The van der Waals surface area contributed by atoms with E-state index in [1.807, 2.05) is 30.3 Å². The second-order valence-corrected chi connectivity index (χ2v) is 9.33. The number of benzene rings is 2. The molecule has 216 valence electrons. The van der Waals surface area contributed by atoms with E-state index in [0.717, 1.165) is 18.5 Å². The van der Waals surface area contributed by atoms with E-state index in [0.29, 0.717) is 70.5 Å². The molecule has 0 bridgehead atoms. The first kappa shape index (κ1) is 29.9. The van der Waals surface area contributed by atoms with E-state index in [1.165, 1.54) is 11.1 Å². The van der Waals surface area contributed by atoms with Gasteiger partial charge in [-0.1, -0.05) is 66.7 Å². The molecule has 0 spiro atoms. The molecule has 2 heterocycles. The Morgan fingerprint density at radius 1 is 0.610 bits per heavy atom. The minimum Gasteiger partial charge on any atom is -0.378 e. The maximum absolute atomic E-state index is 5.61. The molecule has 0 atom stereocenters. The van der Waals surface area contributed by atoms with Gasteiger partial charge in [-0.3, -0.25) is 4.98 Å². The molecule has 5 N–H and O–H groups in total. The van der Waals surface area contributed by atoms with Crippen LogP contribution in [-0.4, -0.2) is 72.5 Å². The zero-order valence-electron chi connectivity index (χ0n) is 23.4. The van der Waals surface area contributed by atoms with E-state index in [2.05, 4.69) is 84.4 Å². The van der Waals surface area contributed by atoms with Gasteiger partial charge in [0.2, 0.25) is 17.8 Å². The van der Waals surface area contributed by atoms with Crippen LogP contribution in [0.5, 0.6) is 0 Å². The molecule has 4 rings (SSSR count). The largest absolute Gasteiger partial charge is 0.378 e. The Labute approximate surface area is 242 Å². The van der Waals surface area contributed by atoms with Crippen LogP contribution in [0, 0.1) is 0 Å². The number of pyridine rings is 1. The Balaban J connectivity index is 1.36. The van der Waals surface area contributed by atoms with Crippen molar-refractivity contribution < 1.29 is 9.47 Å². The number of nitrogens with one attached hydrogen (secondary N) is 3. The highest BCUT2D eigenvalue weighted by Crippen LogP contribution is 2.27. The number of aromatic nitrogens is 4. The number of nitrogens with two attached hydrogens (primary N) is 1. The normalized spacial score (nSPS) is 11.0. The summed E-state index contributed by atoms with van der Waals surface area (Å²) in [6.07, 6.45) is 3.44. The van der Waals surface area contributed by atoms with Gasteiger partial charge in [0.15, 0.2) is 0 Å². The number of anilines is 3. The number of hydrogen-bond donors (Lipinski definition) is 4. The highest BCUT2D eigenvalue weighted by Gasteiger charge is 2.14. The molecule has 2 aromatic heterocycles. The Hall–Kier alpha value is -4.12. The van der Waals surface area contributed by atoms with Gasteiger partial charge in [0, 0.05) is 50.4 Å². The van der Waals surface area contributed by atoms with Crippen molar-refractivity contribution in [1.29, 1.82) is 0 Å². The topological polar surface area (TPSA) is 132 Å². The Morgan fingerprint density at radius 2 is 1.17 bits per heavy atom. The summed E-state index contributed by atoms with van der Waals surface area (Å²) in [6, 6.07) is 27.1. The van der Waals surface area contributed by atoms with Gasteiger partial charge >= 0.3 is 0 Å². The lowest BCUT2D eigenvalue weighted by molar-refractivity contribution is 0.0547. The molecule has 0 unspecified atom stereocenters. The third kappa shape index (κ3) is 10.8. The first-order chi connectivity index (χ1) is 20.3. The van der Waals surface area contributed by atoms with Gasteiger partial charge in [-0.05, 0) is 29.7 Å². The predicted molar refractivity (Wildman–Crippen MR) is 163 cm³/mol. The number of ether oxygens (including phenoxy) is 2. The fraction of sp³-hybridized carbons (Fsp3) is 0.355. The summed E-state index contributed by atoms with van der Waals surface area (Å²) in [5.74, 6) is 1.75. The molecule has 0 aliphatic heterocycles. The smallest absolute Gasteiger partial charge is 0.229 e. The van der Waals surface area contributed by atoms with Gasteiger partial charge in [0.25, 0.3) is 0 Å². The standard InChI is InChI=1S/C31H40N8O2/c32-16-21-40-23-24-41-22-20-36-31-38-29(34-18-14-27-13-7-8-17-33-27)37-30(39-31)35-19-15-28(25-9-3-1-4-10-25)26-11-5-2-6-12-26/h1-13,17,28H,14-16,18-24,32H2,(H3,34,35,36,37,38,39). The van der Waals surface area contributed by atoms with E-state index in [4.69, 9.17) is 15.2 Å². The van der Waals surface area contributed by atoms with Crippen molar-refractivity contribution in [2.45, 2.75) is 18.8 Å². The fourth-order valence-corrected chi connectivity index (χ4v) is 4.33. The summed E-state index contributed by atoms with van der Waals surface area (Å²) >= 11 is 0. The molecule has 0 aliphatic carbocycles. The van der Waals surface area contributed by atoms with E-state index >= 15 is 0 Å². The molecule has 41 heavy (non-hydrogen) atoms. The summed E-state index contributed by atoms with van der Waals surface area (Å²) in [5.41, 5.74) is 9.00. The molecule has 0 fully saturated rings. The molecular formula is C31H40N8O2. The maximum Gasteiger partial charge on any atom is 0.229 e. The SMILES string of the molecule is NCCOCCOCCNc1nc(NCCc2ccccn2)nc(NCCC(c2ccccc2)c2ccccc2)n1. The van der Waals surface area contributed by atoms with Crippen molar-refractivity contribution >= 4 is 17.8 Å². The van der Waals surface area contributed by atoms with Crippen LogP contribution >= 0.6 is 0 Å². The summed E-state index contributed by atoms with van der Waals surface area (Å²) in [7, 11) is 0. The van der Waals surface area contributed by atoms with Gasteiger partial charge in [-0.15, -0.1) is 0 Å². The van der Waals surface area contributed by atoms with Gasteiger partial charge < -0.3 is 31.2 Å². The van der Waals surface area contributed by atoms with Crippen molar-refractivity contribution in [3.8, 4) is 0 Å². The highest BCUT2D eigenvalue weighted by atomic mass is 16.5. The van der Waals surface area contributed by atoms with Crippen molar-refractivity contribution in [3.05, 3.63) is 102 Å². The van der Waals surface area contributed by atoms with Crippen molar-refractivity contribution in [2.75, 3.05) is 68.6 Å². The second kappa shape index (κ2) is 17.5. The Kier molecular flexibility index (Phi) is 12.8. The molecule has 10 nitrogen and oxygen atoms in total. The summed E-state index contributed by atoms with van der Waals surface area (Å²) in [5, 5.41) is 9.98. The van der Waals surface area contributed by atoms with Gasteiger partial charge in [-0.2, -0.15) is 15.0 Å². The third-order valence-electron chi connectivity index (χ3n) is 6.31. The van der Waals surface area contributed by atoms with Gasteiger partial charge in [0.1, 0.15) is 0 Å². The minimum atomic E-state index is 0.256. The van der Waals surface area contributed by atoms with E-state index in [-0.39, 0.29) is 5.92 Å². The molecule has 0 amide bonds. The third-order valence-corrected chi connectivity index (χ3v) is 6.31.